The van der Waals surface area contributed by atoms with Crippen LogP contribution in [0.25, 0.3) is 0 Å². The van der Waals surface area contributed by atoms with Gasteiger partial charge in [0, 0.05) is 12.4 Å². The highest BCUT2D eigenvalue weighted by Crippen LogP contribution is 2.02. The van der Waals surface area contributed by atoms with Crippen molar-refractivity contribution in [1.82, 2.24) is 0 Å². The highest BCUT2D eigenvalue weighted by Gasteiger charge is 1.90. The van der Waals surface area contributed by atoms with E-state index in [4.69, 9.17) is 0 Å². The Morgan fingerprint density at radius 1 is 1.06 bits per heavy atom. The Labute approximate surface area is 99.9 Å². The molecule has 0 radical (unpaired) electrons. The molecule has 16 heavy (non-hydrogen) atoms. The van der Waals surface area contributed by atoms with Gasteiger partial charge in [-0.2, -0.15) is 0 Å². The van der Waals surface area contributed by atoms with Gasteiger partial charge in [-0.25, -0.2) is 0 Å². The standard InChI is InChI=1S/C14H24N2/c1-5-7-9-10-15-12-14(13(3)4)16-11-8-6-2/h9-12H,5-8H2,1-4H3/b10-9+,15-12-,16-11-. The maximum absolute atomic E-state index is 4.40. The zero-order valence-corrected chi connectivity index (χ0v) is 11.0. The van der Waals surface area contributed by atoms with Gasteiger partial charge in [-0.1, -0.05) is 32.8 Å². The number of allylic oxidation sites excluding steroid dienone is 3. The average molecular weight is 220 g/mol. The number of hydrogen-bond acceptors (Lipinski definition) is 2. The third kappa shape index (κ3) is 8.16. The number of unbranched alkanes of at least 4 members (excludes halogenated alkanes) is 2. The van der Waals surface area contributed by atoms with E-state index in [0.717, 1.165) is 31.4 Å². The molecule has 0 atom stereocenters. The van der Waals surface area contributed by atoms with Crippen LogP contribution in [-0.2, 0) is 0 Å². The second kappa shape index (κ2) is 10.3. The predicted octanol–water partition coefficient (Wildman–Crippen LogP) is 4.54. The number of aliphatic imine (C=N–C) groups is 2. The van der Waals surface area contributed by atoms with Crippen LogP contribution in [-0.4, -0.2) is 12.4 Å². The highest BCUT2D eigenvalue weighted by molar-refractivity contribution is 5.82. The van der Waals surface area contributed by atoms with Gasteiger partial charge in [0.2, 0.25) is 0 Å². The highest BCUT2D eigenvalue weighted by atomic mass is 14.8. The van der Waals surface area contributed by atoms with Gasteiger partial charge in [0.05, 0.1) is 11.9 Å². The molecule has 0 aliphatic rings. The third-order valence-corrected chi connectivity index (χ3v) is 2.00. The molecule has 90 valence electrons. The van der Waals surface area contributed by atoms with Crippen LogP contribution in [0, 0.1) is 0 Å². The van der Waals surface area contributed by atoms with Crippen LogP contribution < -0.4 is 0 Å². The smallest absolute Gasteiger partial charge is 0.0794 e. The van der Waals surface area contributed by atoms with E-state index in [1.807, 2.05) is 18.6 Å². The Morgan fingerprint density at radius 3 is 2.31 bits per heavy atom. The van der Waals surface area contributed by atoms with Crippen LogP contribution in [0.5, 0.6) is 0 Å². The molecule has 0 fully saturated rings. The van der Waals surface area contributed by atoms with Crippen molar-refractivity contribution in [3.05, 3.63) is 23.5 Å². The van der Waals surface area contributed by atoms with E-state index in [2.05, 4.69) is 43.8 Å². The second-order valence-corrected chi connectivity index (χ2v) is 3.94. The molecule has 2 heteroatoms. The number of rotatable bonds is 7. The quantitative estimate of drug-likeness (QED) is 0.563. The molecule has 0 bridgehead atoms. The van der Waals surface area contributed by atoms with Gasteiger partial charge >= 0.3 is 0 Å². The van der Waals surface area contributed by atoms with E-state index in [1.54, 1.807) is 0 Å². The minimum atomic E-state index is 0.967. The van der Waals surface area contributed by atoms with Crippen molar-refractivity contribution < 1.29 is 0 Å². The molecule has 0 aromatic carbocycles. The van der Waals surface area contributed by atoms with Gasteiger partial charge in [-0.05, 0) is 32.3 Å². The molecule has 0 amide bonds. The van der Waals surface area contributed by atoms with Crippen LogP contribution in [0.2, 0.25) is 0 Å². The SMILES string of the molecule is CCC/C=N\C(/C=N\C=C\CCC)=C(C)C. The Morgan fingerprint density at radius 2 is 1.75 bits per heavy atom. The van der Waals surface area contributed by atoms with E-state index in [1.165, 1.54) is 5.57 Å². The molecule has 0 spiro atoms. The molecule has 0 saturated heterocycles. The lowest BCUT2D eigenvalue weighted by Crippen LogP contribution is -1.85. The van der Waals surface area contributed by atoms with Crippen molar-refractivity contribution in [2.45, 2.75) is 53.4 Å². The molecule has 0 rings (SSSR count). The maximum Gasteiger partial charge on any atom is 0.0794 e. The van der Waals surface area contributed by atoms with E-state index >= 15 is 0 Å². The van der Waals surface area contributed by atoms with E-state index in [0.29, 0.717) is 0 Å². The topological polar surface area (TPSA) is 24.7 Å². The van der Waals surface area contributed by atoms with Crippen LogP contribution >= 0.6 is 0 Å². The van der Waals surface area contributed by atoms with Crippen molar-refractivity contribution in [3.63, 3.8) is 0 Å². The first-order valence-electron chi connectivity index (χ1n) is 6.10. The summed E-state index contributed by atoms with van der Waals surface area (Å²) < 4.78 is 0. The molecule has 0 aliphatic heterocycles. The van der Waals surface area contributed by atoms with Gasteiger partial charge in [-0.15, -0.1) is 0 Å². The fraction of sp³-hybridized carbons (Fsp3) is 0.571. The van der Waals surface area contributed by atoms with Crippen LogP contribution in [0.15, 0.2) is 33.5 Å². The fourth-order valence-corrected chi connectivity index (χ4v) is 0.999. The van der Waals surface area contributed by atoms with Crippen LogP contribution in [0.1, 0.15) is 53.4 Å². The monoisotopic (exact) mass is 220 g/mol. The van der Waals surface area contributed by atoms with Crippen molar-refractivity contribution in [1.29, 1.82) is 0 Å². The lowest BCUT2D eigenvalue weighted by atomic mass is 10.3. The predicted molar refractivity (Wildman–Crippen MR) is 74.3 cm³/mol. The summed E-state index contributed by atoms with van der Waals surface area (Å²) in [4.78, 5) is 8.63. The average Bonchev–Trinajstić information content (AvgIpc) is 2.26. The molecule has 0 heterocycles. The molecule has 0 saturated carbocycles. The van der Waals surface area contributed by atoms with Crippen molar-refractivity contribution in [2.24, 2.45) is 9.98 Å². The Hall–Kier alpha value is -1.18. The van der Waals surface area contributed by atoms with Crippen LogP contribution in [0.3, 0.4) is 0 Å². The van der Waals surface area contributed by atoms with Gasteiger partial charge in [0.25, 0.3) is 0 Å². The minimum absolute atomic E-state index is 0.967. The lowest BCUT2D eigenvalue weighted by Gasteiger charge is -1.95. The van der Waals surface area contributed by atoms with Gasteiger partial charge < -0.3 is 0 Å². The van der Waals surface area contributed by atoms with Gasteiger partial charge in [0.15, 0.2) is 0 Å². The zero-order valence-electron chi connectivity index (χ0n) is 11.0. The molecule has 0 N–H and O–H groups in total. The maximum atomic E-state index is 4.40. The van der Waals surface area contributed by atoms with Crippen molar-refractivity contribution in [3.8, 4) is 0 Å². The summed E-state index contributed by atoms with van der Waals surface area (Å²) in [7, 11) is 0. The number of nitrogens with zero attached hydrogens (tertiary/aromatic N) is 2. The van der Waals surface area contributed by atoms with E-state index in [9.17, 15) is 0 Å². The Bertz CT molecular complexity index is 279. The van der Waals surface area contributed by atoms with Crippen molar-refractivity contribution in [2.75, 3.05) is 0 Å². The molecule has 0 aliphatic carbocycles. The number of hydrogen-bond donors (Lipinski definition) is 0. The largest absolute Gasteiger partial charge is 0.263 e. The fourth-order valence-electron chi connectivity index (χ4n) is 0.999. The molecule has 0 aromatic heterocycles. The molecule has 0 unspecified atom stereocenters. The summed E-state index contributed by atoms with van der Waals surface area (Å²) in [5.41, 5.74) is 2.16. The summed E-state index contributed by atoms with van der Waals surface area (Å²) in [6, 6.07) is 0. The first kappa shape index (κ1) is 14.8. The van der Waals surface area contributed by atoms with Crippen LogP contribution in [0.4, 0.5) is 0 Å². The summed E-state index contributed by atoms with van der Waals surface area (Å²) in [5, 5.41) is 0. The first-order valence-corrected chi connectivity index (χ1v) is 6.10. The zero-order chi connectivity index (χ0) is 12.2. The molecular formula is C14H24N2. The second-order valence-electron chi connectivity index (χ2n) is 3.94. The molecular weight excluding hydrogens is 196 g/mol. The third-order valence-electron chi connectivity index (χ3n) is 2.00. The van der Waals surface area contributed by atoms with Gasteiger partial charge in [-0.3, -0.25) is 9.98 Å². The van der Waals surface area contributed by atoms with Gasteiger partial charge in [0.1, 0.15) is 0 Å². The Balaban J connectivity index is 4.31. The van der Waals surface area contributed by atoms with E-state index < -0.39 is 0 Å². The molecule has 0 aromatic rings. The lowest BCUT2D eigenvalue weighted by molar-refractivity contribution is 0.956. The Kier molecular flexibility index (Phi) is 9.58. The van der Waals surface area contributed by atoms with E-state index in [-0.39, 0.29) is 0 Å². The summed E-state index contributed by atoms with van der Waals surface area (Å²) in [6.07, 6.45) is 12.1. The molecule has 2 nitrogen and oxygen atoms in total. The normalized spacial score (nSPS) is 12.0. The first-order chi connectivity index (χ1) is 7.72. The summed E-state index contributed by atoms with van der Waals surface area (Å²) in [5.74, 6) is 0. The summed E-state index contributed by atoms with van der Waals surface area (Å²) >= 11 is 0. The van der Waals surface area contributed by atoms with Crippen molar-refractivity contribution >= 4 is 12.4 Å². The summed E-state index contributed by atoms with van der Waals surface area (Å²) in [6.45, 7) is 8.42. The minimum Gasteiger partial charge on any atom is -0.263 e.